The second-order valence-electron chi connectivity index (χ2n) is 2.78. The van der Waals surface area contributed by atoms with Crippen LogP contribution in [0.1, 0.15) is 10.4 Å². The fourth-order valence-corrected chi connectivity index (χ4v) is 1.22. The van der Waals surface area contributed by atoms with Crippen molar-refractivity contribution in [2.24, 2.45) is 5.73 Å². The average Bonchev–Trinajstić information content (AvgIpc) is 2.17. The van der Waals surface area contributed by atoms with Crippen LogP contribution in [0.5, 0.6) is 0 Å². The van der Waals surface area contributed by atoms with Gasteiger partial charge in [0.25, 0.3) is 0 Å². The SMILES string of the molecule is Cl.NC(=O)c1ccc2cccnc2c1. The van der Waals surface area contributed by atoms with E-state index in [1.807, 2.05) is 18.2 Å². The number of fused-ring (bicyclic) bond motifs is 1. The van der Waals surface area contributed by atoms with Crippen LogP contribution < -0.4 is 5.73 Å². The molecular weight excluding hydrogens is 200 g/mol. The van der Waals surface area contributed by atoms with Gasteiger partial charge in [0.1, 0.15) is 0 Å². The molecular formula is C10H9ClN2O. The van der Waals surface area contributed by atoms with E-state index in [0.717, 1.165) is 10.9 Å². The lowest BCUT2D eigenvalue weighted by atomic mass is 10.1. The third kappa shape index (κ3) is 1.83. The summed E-state index contributed by atoms with van der Waals surface area (Å²) in [4.78, 5) is 15.0. The largest absolute Gasteiger partial charge is 0.366 e. The van der Waals surface area contributed by atoms with Crippen LogP contribution >= 0.6 is 12.4 Å². The van der Waals surface area contributed by atoms with Gasteiger partial charge in [-0.3, -0.25) is 9.78 Å². The number of rotatable bonds is 1. The van der Waals surface area contributed by atoms with Crippen molar-refractivity contribution in [1.29, 1.82) is 0 Å². The molecule has 4 heteroatoms. The summed E-state index contributed by atoms with van der Waals surface area (Å²) >= 11 is 0. The van der Waals surface area contributed by atoms with E-state index in [1.54, 1.807) is 18.3 Å². The fourth-order valence-electron chi connectivity index (χ4n) is 1.22. The molecule has 0 fully saturated rings. The number of carbonyl (C=O) groups is 1. The number of hydrogen-bond acceptors (Lipinski definition) is 2. The van der Waals surface area contributed by atoms with Crippen molar-refractivity contribution in [2.45, 2.75) is 0 Å². The van der Waals surface area contributed by atoms with E-state index in [4.69, 9.17) is 5.73 Å². The van der Waals surface area contributed by atoms with Gasteiger partial charge in [-0.15, -0.1) is 12.4 Å². The summed E-state index contributed by atoms with van der Waals surface area (Å²) in [7, 11) is 0. The monoisotopic (exact) mass is 208 g/mol. The lowest BCUT2D eigenvalue weighted by molar-refractivity contribution is 0.100. The molecule has 2 N–H and O–H groups in total. The average molecular weight is 209 g/mol. The first-order valence-electron chi connectivity index (χ1n) is 3.92. The summed E-state index contributed by atoms with van der Waals surface area (Å²) in [6.45, 7) is 0. The van der Waals surface area contributed by atoms with Gasteiger partial charge in [-0.2, -0.15) is 0 Å². The van der Waals surface area contributed by atoms with Crippen LogP contribution in [0, 0.1) is 0 Å². The van der Waals surface area contributed by atoms with Crippen molar-refractivity contribution in [3.8, 4) is 0 Å². The standard InChI is InChI=1S/C10H8N2O.ClH/c11-10(13)8-4-3-7-2-1-5-12-9(7)6-8;/h1-6H,(H2,11,13);1H. The molecule has 1 amide bonds. The van der Waals surface area contributed by atoms with Crippen LogP contribution in [-0.4, -0.2) is 10.9 Å². The van der Waals surface area contributed by atoms with Crippen molar-refractivity contribution < 1.29 is 4.79 Å². The number of pyridine rings is 1. The normalized spacial score (nSPS) is 9.43. The lowest BCUT2D eigenvalue weighted by Crippen LogP contribution is -2.10. The number of hydrogen-bond donors (Lipinski definition) is 1. The Hall–Kier alpha value is -1.61. The van der Waals surface area contributed by atoms with Gasteiger partial charge in [0.2, 0.25) is 5.91 Å². The first kappa shape index (κ1) is 10.5. The highest BCUT2D eigenvalue weighted by molar-refractivity contribution is 5.96. The first-order valence-corrected chi connectivity index (χ1v) is 3.92. The second-order valence-corrected chi connectivity index (χ2v) is 2.78. The minimum atomic E-state index is -0.424. The summed E-state index contributed by atoms with van der Waals surface area (Å²) in [5.74, 6) is -0.424. The van der Waals surface area contributed by atoms with Gasteiger partial charge in [0.05, 0.1) is 5.52 Å². The van der Waals surface area contributed by atoms with E-state index < -0.39 is 5.91 Å². The predicted molar refractivity (Wildman–Crippen MR) is 57.5 cm³/mol. The quantitative estimate of drug-likeness (QED) is 0.777. The molecule has 0 bridgehead atoms. The molecule has 0 saturated carbocycles. The van der Waals surface area contributed by atoms with Crippen LogP contribution in [0.15, 0.2) is 36.5 Å². The molecule has 0 saturated heterocycles. The topological polar surface area (TPSA) is 56.0 Å². The van der Waals surface area contributed by atoms with Gasteiger partial charge in [0, 0.05) is 17.1 Å². The highest BCUT2D eigenvalue weighted by Crippen LogP contribution is 2.12. The fraction of sp³-hybridized carbons (Fsp3) is 0. The zero-order chi connectivity index (χ0) is 9.26. The third-order valence-electron chi connectivity index (χ3n) is 1.89. The maximum atomic E-state index is 10.8. The Morgan fingerprint density at radius 2 is 2.07 bits per heavy atom. The summed E-state index contributed by atoms with van der Waals surface area (Å²) in [5, 5.41) is 1.01. The number of nitrogens with zero attached hydrogens (tertiary/aromatic N) is 1. The first-order chi connectivity index (χ1) is 6.27. The van der Waals surface area contributed by atoms with Gasteiger partial charge in [-0.25, -0.2) is 0 Å². The van der Waals surface area contributed by atoms with E-state index in [1.165, 1.54) is 0 Å². The number of carbonyl (C=O) groups excluding carboxylic acids is 1. The van der Waals surface area contributed by atoms with E-state index in [-0.39, 0.29) is 12.4 Å². The summed E-state index contributed by atoms with van der Waals surface area (Å²) in [6, 6.07) is 9.02. The Morgan fingerprint density at radius 1 is 1.29 bits per heavy atom. The van der Waals surface area contributed by atoms with Gasteiger partial charge in [-0.1, -0.05) is 12.1 Å². The number of halogens is 1. The molecule has 3 nitrogen and oxygen atoms in total. The second kappa shape index (κ2) is 4.07. The predicted octanol–water partition coefficient (Wildman–Crippen LogP) is 1.76. The molecule has 14 heavy (non-hydrogen) atoms. The molecule has 1 aromatic carbocycles. The number of amides is 1. The molecule has 2 rings (SSSR count). The molecule has 1 heterocycles. The highest BCUT2D eigenvalue weighted by Gasteiger charge is 2.00. The number of aromatic nitrogens is 1. The Kier molecular flexibility index (Phi) is 3.04. The van der Waals surface area contributed by atoms with Gasteiger partial charge >= 0.3 is 0 Å². The molecule has 0 unspecified atom stereocenters. The minimum absolute atomic E-state index is 0. The summed E-state index contributed by atoms with van der Waals surface area (Å²) < 4.78 is 0. The van der Waals surface area contributed by atoms with Crippen LogP contribution in [-0.2, 0) is 0 Å². The summed E-state index contributed by atoms with van der Waals surface area (Å²) in [6.07, 6.45) is 1.69. The van der Waals surface area contributed by atoms with E-state index >= 15 is 0 Å². The highest BCUT2D eigenvalue weighted by atomic mass is 35.5. The van der Waals surface area contributed by atoms with E-state index in [2.05, 4.69) is 4.98 Å². The number of primary amides is 1. The molecule has 0 atom stereocenters. The van der Waals surface area contributed by atoms with Crippen molar-refractivity contribution in [1.82, 2.24) is 4.98 Å². The molecule has 1 aromatic heterocycles. The smallest absolute Gasteiger partial charge is 0.248 e. The van der Waals surface area contributed by atoms with Crippen molar-refractivity contribution in [2.75, 3.05) is 0 Å². The zero-order valence-electron chi connectivity index (χ0n) is 7.31. The molecule has 0 aliphatic carbocycles. The Balaban J connectivity index is 0.000000980. The lowest BCUT2D eigenvalue weighted by Gasteiger charge is -1.98. The number of nitrogens with two attached hydrogens (primary N) is 1. The van der Waals surface area contributed by atoms with Crippen LogP contribution in [0.25, 0.3) is 10.9 Å². The molecule has 0 aliphatic rings. The molecule has 2 aromatic rings. The zero-order valence-corrected chi connectivity index (χ0v) is 8.12. The van der Waals surface area contributed by atoms with Crippen LogP contribution in [0.2, 0.25) is 0 Å². The third-order valence-corrected chi connectivity index (χ3v) is 1.89. The van der Waals surface area contributed by atoms with Crippen LogP contribution in [0.3, 0.4) is 0 Å². The molecule has 0 radical (unpaired) electrons. The Morgan fingerprint density at radius 3 is 2.79 bits per heavy atom. The Bertz CT molecular complexity index is 470. The maximum absolute atomic E-state index is 10.8. The van der Waals surface area contributed by atoms with E-state index in [9.17, 15) is 4.79 Å². The van der Waals surface area contributed by atoms with E-state index in [0.29, 0.717) is 5.56 Å². The van der Waals surface area contributed by atoms with Gasteiger partial charge in [-0.05, 0) is 18.2 Å². The van der Waals surface area contributed by atoms with Crippen LogP contribution in [0.4, 0.5) is 0 Å². The minimum Gasteiger partial charge on any atom is -0.366 e. The molecule has 72 valence electrons. The molecule has 0 aliphatic heterocycles. The van der Waals surface area contributed by atoms with Gasteiger partial charge < -0.3 is 5.73 Å². The van der Waals surface area contributed by atoms with Crippen molar-refractivity contribution in [3.63, 3.8) is 0 Å². The van der Waals surface area contributed by atoms with Crippen molar-refractivity contribution in [3.05, 3.63) is 42.1 Å². The maximum Gasteiger partial charge on any atom is 0.248 e. The van der Waals surface area contributed by atoms with Crippen molar-refractivity contribution >= 4 is 29.2 Å². The molecule has 0 spiro atoms. The van der Waals surface area contributed by atoms with Gasteiger partial charge in [0.15, 0.2) is 0 Å². The summed E-state index contributed by atoms with van der Waals surface area (Å²) in [5.41, 5.74) is 6.42. The Labute approximate surface area is 87.4 Å². The number of benzene rings is 1.